The first-order valence-corrected chi connectivity index (χ1v) is 7.81. The van der Waals surface area contributed by atoms with Gasteiger partial charge in [0.1, 0.15) is 30.6 Å². The molecule has 0 aliphatic carbocycles. The summed E-state index contributed by atoms with van der Waals surface area (Å²) in [6, 6.07) is 7.76. The average Bonchev–Trinajstić information content (AvgIpc) is 2.89. The fraction of sp³-hybridized carbons (Fsp3) is 0.467. The maximum Gasteiger partial charge on any atom is 0.137 e. The van der Waals surface area contributed by atoms with Gasteiger partial charge in [0.2, 0.25) is 0 Å². The summed E-state index contributed by atoms with van der Waals surface area (Å²) < 4.78 is 8.56. The van der Waals surface area contributed by atoms with Crippen molar-refractivity contribution >= 4 is 22.6 Å². The number of aromatic nitrogens is 3. The molecule has 114 valence electrons. The van der Waals surface area contributed by atoms with Gasteiger partial charge in [0.05, 0.1) is 6.54 Å². The maximum atomic E-state index is 11.0. The van der Waals surface area contributed by atoms with Crippen LogP contribution in [0.25, 0.3) is 0 Å². The van der Waals surface area contributed by atoms with Gasteiger partial charge in [-0.25, -0.2) is 9.67 Å². The molecule has 0 fully saturated rings. The molecule has 21 heavy (non-hydrogen) atoms. The summed E-state index contributed by atoms with van der Waals surface area (Å²) in [6.07, 6.45) is 3.06. The number of aliphatic hydroxyl groups is 1. The van der Waals surface area contributed by atoms with Gasteiger partial charge >= 0.3 is 0 Å². The Kier molecular flexibility index (Phi) is 4.88. The topological polar surface area (TPSA) is 60.2 Å². The molecule has 1 N–H and O–H groups in total. The van der Waals surface area contributed by atoms with Crippen LogP contribution in [0.4, 0.5) is 0 Å². The zero-order chi connectivity index (χ0) is 15.5. The van der Waals surface area contributed by atoms with Crippen LogP contribution in [0.3, 0.4) is 0 Å². The SMILES string of the molecule is CC(C)(C)C(O)(COc1ccc(I)cc1)Cn1cncn1. The predicted molar refractivity (Wildman–Crippen MR) is 89.1 cm³/mol. The van der Waals surface area contributed by atoms with Gasteiger partial charge in [-0.2, -0.15) is 5.10 Å². The molecule has 0 radical (unpaired) electrons. The van der Waals surface area contributed by atoms with E-state index in [4.69, 9.17) is 4.74 Å². The number of hydrogen-bond donors (Lipinski definition) is 1. The maximum absolute atomic E-state index is 11.0. The van der Waals surface area contributed by atoms with E-state index < -0.39 is 5.60 Å². The van der Waals surface area contributed by atoms with Crippen LogP contribution in [0.1, 0.15) is 20.8 Å². The van der Waals surface area contributed by atoms with Crippen molar-refractivity contribution in [3.05, 3.63) is 40.5 Å². The Hall–Kier alpha value is -1.15. The second-order valence-corrected chi connectivity index (χ2v) is 7.36. The zero-order valence-electron chi connectivity index (χ0n) is 12.5. The highest BCUT2D eigenvalue weighted by Crippen LogP contribution is 2.32. The van der Waals surface area contributed by atoms with Gasteiger partial charge in [-0.15, -0.1) is 0 Å². The molecule has 0 aliphatic rings. The molecule has 1 aromatic heterocycles. The molecule has 1 atom stereocenters. The highest BCUT2D eigenvalue weighted by molar-refractivity contribution is 14.1. The van der Waals surface area contributed by atoms with Gasteiger partial charge in [0.15, 0.2) is 0 Å². The van der Waals surface area contributed by atoms with Crippen molar-refractivity contribution in [3.8, 4) is 5.75 Å². The minimum atomic E-state index is -1.05. The van der Waals surface area contributed by atoms with Crippen molar-refractivity contribution in [3.63, 3.8) is 0 Å². The summed E-state index contributed by atoms with van der Waals surface area (Å²) in [5, 5.41) is 15.1. The van der Waals surface area contributed by atoms with Crippen LogP contribution in [-0.2, 0) is 6.54 Å². The van der Waals surface area contributed by atoms with Crippen molar-refractivity contribution in [2.75, 3.05) is 6.61 Å². The summed E-state index contributed by atoms with van der Waals surface area (Å²) in [7, 11) is 0. The highest BCUT2D eigenvalue weighted by atomic mass is 127. The first kappa shape index (κ1) is 16.2. The van der Waals surface area contributed by atoms with Gasteiger partial charge in [-0.1, -0.05) is 20.8 Å². The Labute approximate surface area is 138 Å². The lowest BCUT2D eigenvalue weighted by atomic mass is 9.77. The minimum absolute atomic E-state index is 0.191. The lowest BCUT2D eigenvalue weighted by Crippen LogP contribution is -2.51. The van der Waals surface area contributed by atoms with Gasteiger partial charge < -0.3 is 9.84 Å². The zero-order valence-corrected chi connectivity index (χ0v) is 14.6. The molecule has 5 nitrogen and oxygen atoms in total. The van der Waals surface area contributed by atoms with E-state index in [1.54, 1.807) is 11.0 Å². The number of rotatable bonds is 5. The van der Waals surface area contributed by atoms with E-state index in [2.05, 4.69) is 32.7 Å². The third kappa shape index (κ3) is 4.16. The third-order valence-electron chi connectivity index (χ3n) is 3.58. The summed E-state index contributed by atoms with van der Waals surface area (Å²) >= 11 is 2.24. The summed E-state index contributed by atoms with van der Waals surface area (Å²) in [4.78, 5) is 3.92. The van der Waals surface area contributed by atoms with Gasteiger partial charge in [-0.3, -0.25) is 0 Å². The van der Waals surface area contributed by atoms with Crippen LogP contribution >= 0.6 is 22.6 Å². The molecule has 0 spiro atoms. The molecule has 0 aliphatic heterocycles. The van der Waals surface area contributed by atoms with Crippen LogP contribution < -0.4 is 4.74 Å². The summed E-state index contributed by atoms with van der Waals surface area (Å²) in [5.74, 6) is 0.747. The number of benzene rings is 1. The van der Waals surface area contributed by atoms with E-state index in [1.165, 1.54) is 6.33 Å². The van der Waals surface area contributed by atoms with Crippen molar-refractivity contribution in [2.45, 2.75) is 32.9 Å². The molecular weight excluding hydrogens is 381 g/mol. The quantitative estimate of drug-likeness (QED) is 0.783. The monoisotopic (exact) mass is 401 g/mol. The van der Waals surface area contributed by atoms with Crippen molar-refractivity contribution in [2.24, 2.45) is 5.41 Å². The molecule has 2 aromatic rings. The lowest BCUT2D eigenvalue weighted by Gasteiger charge is -2.39. The molecule has 1 heterocycles. The fourth-order valence-electron chi connectivity index (χ4n) is 1.82. The second-order valence-electron chi connectivity index (χ2n) is 6.12. The number of ether oxygens (including phenoxy) is 1. The Morgan fingerprint density at radius 3 is 2.43 bits per heavy atom. The van der Waals surface area contributed by atoms with Crippen molar-refractivity contribution < 1.29 is 9.84 Å². The molecule has 2 rings (SSSR count). The van der Waals surface area contributed by atoms with E-state index in [9.17, 15) is 5.11 Å². The predicted octanol–water partition coefficient (Wildman–Crippen LogP) is 2.74. The van der Waals surface area contributed by atoms with Crippen LogP contribution in [0.15, 0.2) is 36.9 Å². The van der Waals surface area contributed by atoms with Crippen LogP contribution in [0.2, 0.25) is 0 Å². The molecule has 0 saturated heterocycles. The molecule has 6 heteroatoms. The number of hydrogen-bond acceptors (Lipinski definition) is 4. The Bertz CT molecular complexity index is 564. The molecule has 1 unspecified atom stereocenters. The Balaban J connectivity index is 2.11. The van der Waals surface area contributed by atoms with E-state index >= 15 is 0 Å². The summed E-state index contributed by atoms with van der Waals surface area (Å²) in [5.41, 5.74) is -1.41. The first-order valence-electron chi connectivity index (χ1n) is 6.73. The third-order valence-corrected chi connectivity index (χ3v) is 4.30. The second kappa shape index (κ2) is 6.31. The van der Waals surface area contributed by atoms with Gasteiger partial charge in [0.25, 0.3) is 0 Å². The fourth-order valence-corrected chi connectivity index (χ4v) is 2.17. The van der Waals surface area contributed by atoms with Crippen LogP contribution in [0.5, 0.6) is 5.75 Å². The first-order chi connectivity index (χ1) is 9.80. The van der Waals surface area contributed by atoms with E-state index in [0.717, 1.165) is 9.32 Å². The normalized spacial score (nSPS) is 14.7. The number of nitrogens with zero attached hydrogens (tertiary/aromatic N) is 3. The highest BCUT2D eigenvalue weighted by Gasteiger charge is 2.41. The van der Waals surface area contributed by atoms with E-state index in [0.29, 0.717) is 6.54 Å². The molecule has 0 saturated carbocycles. The molecular formula is C15H20IN3O2. The standard InChI is InChI=1S/C15H20IN3O2/c1-14(2,3)15(20,8-19-11-17-10-18-19)9-21-13-6-4-12(16)5-7-13/h4-7,10-11,20H,8-9H2,1-3H3. The van der Waals surface area contributed by atoms with Gasteiger partial charge in [-0.05, 0) is 52.3 Å². The Morgan fingerprint density at radius 2 is 1.90 bits per heavy atom. The van der Waals surface area contributed by atoms with Gasteiger partial charge in [0, 0.05) is 3.57 Å². The molecule has 0 bridgehead atoms. The lowest BCUT2D eigenvalue weighted by molar-refractivity contribution is -0.101. The van der Waals surface area contributed by atoms with Crippen molar-refractivity contribution in [1.29, 1.82) is 0 Å². The molecule has 0 amide bonds. The van der Waals surface area contributed by atoms with E-state index in [-0.39, 0.29) is 12.0 Å². The summed E-state index contributed by atoms with van der Waals surface area (Å²) in [6.45, 7) is 6.49. The average molecular weight is 401 g/mol. The largest absolute Gasteiger partial charge is 0.490 e. The minimum Gasteiger partial charge on any atom is -0.490 e. The van der Waals surface area contributed by atoms with Crippen LogP contribution in [0, 0.1) is 8.99 Å². The van der Waals surface area contributed by atoms with Crippen molar-refractivity contribution in [1.82, 2.24) is 14.8 Å². The Morgan fingerprint density at radius 1 is 1.24 bits per heavy atom. The van der Waals surface area contributed by atoms with E-state index in [1.807, 2.05) is 45.0 Å². The molecule has 1 aromatic carbocycles. The smallest absolute Gasteiger partial charge is 0.137 e. The van der Waals surface area contributed by atoms with Crippen LogP contribution in [-0.4, -0.2) is 32.1 Å². The number of halogens is 1.